The molecule has 0 bridgehead atoms. The van der Waals surface area contributed by atoms with Gasteiger partial charge in [0.2, 0.25) is 0 Å². The van der Waals surface area contributed by atoms with Crippen LogP contribution in [0.4, 0.5) is 4.39 Å². The van der Waals surface area contributed by atoms with Crippen LogP contribution in [0.3, 0.4) is 0 Å². The summed E-state index contributed by atoms with van der Waals surface area (Å²) in [5.41, 5.74) is 0.0492. The van der Waals surface area contributed by atoms with Gasteiger partial charge < -0.3 is 10.4 Å². The van der Waals surface area contributed by atoms with Gasteiger partial charge in [0.15, 0.2) is 0 Å². The van der Waals surface area contributed by atoms with Crippen molar-refractivity contribution < 1.29 is 14.3 Å². The molecule has 0 saturated carbocycles. The lowest BCUT2D eigenvalue weighted by Gasteiger charge is -2.27. The Morgan fingerprint density at radius 3 is 2.61 bits per heavy atom. The second-order valence-electron chi connectivity index (χ2n) is 5.64. The van der Waals surface area contributed by atoms with Gasteiger partial charge in [0.05, 0.1) is 5.56 Å². The van der Waals surface area contributed by atoms with Crippen LogP contribution in [0.25, 0.3) is 0 Å². The predicted octanol–water partition coefficient (Wildman–Crippen LogP) is 2.94. The summed E-state index contributed by atoms with van der Waals surface area (Å²) in [6.45, 7) is 8.78. The quantitative estimate of drug-likeness (QED) is 0.870. The average molecular weight is 253 g/mol. The Labute approximate surface area is 107 Å². The molecular weight excluding hydrogens is 233 g/mol. The highest BCUT2D eigenvalue weighted by Crippen LogP contribution is 2.24. The van der Waals surface area contributed by atoms with Crippen LogP contribution in [0.15, 0.2) is 18.2 Å². The minimum absolute atomic E-state index is 0.0314. The Hall–Kier alpha value is -1.58. The molecule has 0 aliphatic heterocycles. The second kappa shape index (κ2) is 5.38. The molecule has 0 fully saturated rings. The van der Waals surface area contributed by atoms with Crippen LogP contribution < -0.4 is 5.32 Å². The lowest BCUT2D eigenvalue weighted by atomic mass is 9.82. The van der Waals surface area contributed by atoms with Crippen molar-refractivity contribution in [2.45, 2.75) is 27.7 Å². The zero-order chi connectivity index (χ0) is 13.9. The predicted molar refractivity (Wildman–Crippen MR) is 69.0 cm³/mol. The molecule has 0 heterocycles. The van der Waals surface area contributed by atoms with E-state index in [9.17, 15) is 14.3 Å². The first kappa shape index (κ1) is 14.5. The minimum atomic E-state index is -0.540. The molecule has 1 aromatic carbocycles. The van der Waals surface area contributed by atoms with E-state index in [1.807, 2.05) is 6.92 Å². The van der Waals surface area contributed by atoms with Crippen molar-refractivity contribution >= 4 is 5.91 Å². The van der Waals surface area contributed by atoms with Gasteiger partial charge in [-0.2, -0.15) is 0 Å². The highest BCUT2D eigenvalue weighted by Gasteiger charge is 2.21. The Balaban J connectivity index is 2.69. The summed E-state index contributed by atoms with van der Waals surface area (Å²) < 4.78 is 13.0. The van der Waals surface area contributed by atoms with E-state index in [0.717, 1.165) is 12.1 Å². The molecule has 1 atom stereocenters. The fourth-order valence-corrected chi connectivity index (χ4v) is 1.34. The van der Waals surface area contributed by atoms with Crippen molar-refractivity contribution in [2.75, 3.05) is 6.54 Å². The standard InChI is InChI=1S/C14H20FNO2/c1-9(14(2,3)4)8-16-13(18)11-7-10(15)5-6-12(11)17/h5-7,9,17H,8H2,1-4H3,(H,16,18). The van der Waals surface area contributed by atoms with Crippen molar-refractivity contribution in [1.82, 2.24) is 5.32 Å². The number of phenolic OH excluding ortho intramolecular Hbond substituents is 1. The molecule has 0 aliphatic rings. The number of amides is 1. The van der Waals surface area contributed by atoms with Gasteiger partial charge in [-0.1, -0.05) is 27.7 Å². The zero-order valence-corrected chi connectivity index (χ0v) is 11.2. The van der Waals surface area contributed by atoms with Gasteiger partial charge in [-0.05, 0) is 29.5 Å². The van der Waals surface area contributed by atoms with Crippen LogP contribution in [0.5, 0.6) is 5.75 Å². The van der Waals surface area contributed by atoms with Gasteiger partial charge >= 0.3 is 0 Å². The van der Waals surface area contributed by atoms with Crippen molar-refractivity contribution in [3.63, 3.8) is 0 Å². The molecule has 18 heavy (non-hydrogen) atoms. The summed E-state index contributed by atoms with van der Waals surface area (Å²) in [5, 5.41) is 12.2. The van der Waals surface area contributed by atoms with E-state index in [1.54, 1.807) is 0 Å². The van der Waals surface area contributed by atoms with Crippen molar-refractivity contribution in [2.24, 2.45) is 11.3 Å². The number of carbonyl (C=O) groups excluding carboxylic acids is 1. The molecule has 0 radical (unpaired) electrons. The Morgan fingerprint density at radius 2 is 2.06 bits per heavy atom. The van der Waals surface area contributed by atoms with Crippen molar-refractivity contribution in [3.8, 4) is 5.75 Å². The van der Waals surface area contributed by atoms with Crippen LogP contribution in [0, 0.1) is 17.2 Å². The highest BCUT2D eigenvalue weighted by molar-refractivity contribution is 5.96. The number of benzene rings is 1. The van der Waals surface area contributed by atoms with E-state index in [0.29, 0.717) is 6.54 Å². The maximum absolute atomic E-state index is 13.0. The van der Waals surface area contributed by atoms with E-state index in [1.165, 1.54) is 6.07 Å². The molecule has 100 valence electrons. The molecule has 1 unspecified atom stereocenters. The fraction of sp³-hybridized carbons (Fsp3) is 0.500. The molecule has 0 saturated heterocycles. The normalized spacial score (nSPS) is 13.2. The van der Waals surface area contributed by atoms with Gasteiger partial charge in [0, 0.05) is 6.54 Å². The molecule has 0 aliphatic carbocycles. The molecule has 1 aromatic rings. The minimum Gasteiger partial charge on any atom is -0.507 e. The van der Waals surface area contributed by atoms with Crippen LogP contribution in [0.1, 0.15) is 38.1 Å². The zero-order valence-electron chi connectivity index (χ0n) is 11.2. The summed E-state index contributed by atoms with van der Waals surface area (Å²) in [5.74, 6) is -0.931. The number of rotatable bonds is 3. The Kier molecular flexibility index (Phi) is 4.33. The van der Waals surface area contributed by atoms with Gasteiger partial charge in [0.25, 0.3) is 5.91 Å². The number of halogens is 1. The van der Waals surface area contributed by atoms with Crippen LogP contribution in [-0.2, 0) is 0 Å². The fourth-order valence-electron chi connectivity index (χ4n) is 1.34. The van der Waals surface area contributed by atoms with Gasteiger partial charge in [-0.15, -0.1) is 0 Å². The SMILES string of the molecule is CC(CNC(=O)c1cc(F)ccc1O)C(C)(C)C. The maximum Gasteiger partial charge on any atom is 0.255 e. The van der Waals surface area contributed by atoms with E-state index in [4.69, 9.17) is 0 Å². The number of aromatic hydroxyl groups is 1. The summed E-state index contributed by atoms with van der Waals surface area (Å²) in [4.78, 5) is 11.8. The molecule has 1 amide bonds. The lowest BCUT2D eigenvalue weighted by Crippen LogP contribution is -2.33. The average Bonchev–Trinajstić information content (AvgIpc) is 2.27. The summed E-state index contributed by atoms with van der Waals surface area (Å²) in [6, 6.07) is 3.33. The third kappa shape index (κ3) is 3.72. The summed E-state index contributed by atoms with van der Waals surface area (Å²) in [6.07, 6.45) is 0. The summed E-state index contributed by atoms with van der Waals surface area (Å²) >= 11 is 0. The van der Waals surface area contributed by atoms with E-state index >= 15 is 0 Å². The molecule has 3 nitrogen and oxygen atoms in total. The Bertz CT molecular complexity index is 438. The van der Waals surface area contributed by atoms with E-state index in [-0.39, 0.29) is 22.6 Å². The molecule has 1 rings (SSSR count). The summed E-state index contributed by atoms with van der Waals surface area (Å²) in [7, 11) is 0. The monoisotopic (exact) mass is 253 g/mol. The second-order valence-corrected chi connectivity index (χ2v) is 5.64. The number of phenols is 1. The largest absolute Gasteiger partial charge is 0.507 e. The van der Waals surface area contributed by atoms with Crippen molar-refractivity contribution in [3.05, 3.63) is 29.6 Å². The van der Waals surface area contributed by atoms with E-state index < -0.39 is 11.7 Å². The molecule has 0 spiro atoms. The van der Waals surface area contributed by atoms with Gasteiger partial charge in [-0.3, -0.25) is 4.79 Å². The van der Waals surface area contributed by atoms with Crippen LogP contribution in [-0.4, -0.2) is 17.6 Å². The molecular formula is C14H20FNO2. The smallest absolute Gasteiger partial charge is 0.255 e. The lowest BCUT2D eigenvalue weighted by molar-refractivity contribution is 0.0934. The number of hydrogen-bond acceptors (Lipinski definition) is 2. The molecule has 2 N–H and O–H groups in total. The Morgan fingerprint density at radius 1 is 1.44 bits per heavy atom. The number of hydrogen-bond donors (Lipinski definition) is 2. The topological polar surface area (TPSA) is 49.3 Å². The number of nitrogens with one attached hydrogen (secondary N) is 1. The first-order chi connectivity index (χ1) is 8.21. The first-order valence-electron chi connectivity index (χ1n) is 5.98. The highest BCUT2D eigenvalue weighted by atomic mass is 19.1. The molecule has 4 heteroatoms. The van der Waals surface area contributed by atoms with Gasteiger partial charge in [0.1, 0.15) is 11.6 Å². The molecule has 0 aromatic heterocycles. The van der Waals surface area contributed by atoms with Crippen molar-refractivity contribution in [1.29, 1.82) is 0 Å². The van der Waals surface area contributed by atoms with Crippen LogP contribution in [0.2, 0.25) is 0 Å². The van der Waals surface area contributed by atoms with Gasteiger partial charge in [-0.25, -0.2) is 4.39 Å². The third-order valence-corrected chi connectivity index (χ3v) is 3.25. The first-order valence-corrected chi connectivity index (χ1v) is 5.98. The number of carbonyl (C=O) groups is 1. The third-order valence-electron chi connectivity index (χ3n) is 3.25. The van der Waals surface area contributed by atoms with Crippen LogP contribution >= 0.6 is 0 Å². The maximum atomic E-state index is 13.0. The van der Waals surface area contributed by atoms with E-state index in [2.05, 4.69) is 26.1 Å².